The lowest BCUT2D eigenvalue weighted by Gasteiger charge is -2.26. The van der Waals surface area contributed by atoms with Gasteiger partial charge in [0.25, 0.3) is 11.8 Å². The van der Waals surface area contributed by atoms with Crippen LogP contribution in [0.2, 0.25) is 0 Å². The summed E-state index contributed by atoms with van der Waals surface area (Å²) in [5, 5.41) is 11.8. The zero-order valence-electron chi connectivity index (χ0n) is 23.7. The summed E-state index contributed by atoms with van der Waals surface area (Å²) < 4.78 is 7.30. The molecule has 2 aromatic carbocycles. The molecule has 0 radical (unpaired) electrons. The molecule has 4 heterocycles. The number of hydrogen-bond donors (Lipinski definition) is 4. The normalized spacial score (nSPS) is 13.6. The number of thiazole rings is 1. The maximum Gasteiger partial charge on any atom is 0.255 e. The largest absolute Gasteiger partial charge is 0.397 e. The smallest absolute Gasteiger partial charge is 0.255 e. The van der Waals surface area contributed by atoms with Gasteiger partial charge in [0.15, 0.2) is 5.13 Å². The van der Waals surface area contributed by atoms with E-state index in [1.165, 1.54) is 11.3 Å². The number of rotatable bonds is 9. The van der Waals surface area contributed by atoms with E-state index in [1.807, 2.05) is 53.2 Å². The van der Waals surface area contributed by atoms with Crippen LogP contribution in [0, 0.1) is 6.92 Å². The maximum absolute atomic E-state index is 12.9. The van der Waals surface area contributed by atoms with Gasteiger partial charge >= 0.3 is 0 Å². The molecule has 43 heavy (non-hydrogen) atoms. The molecule has 1 aliphatic rings. The Hall–Kier alpha value is -4.78. The summed E-state index contributed by atoms with van der Waals surface area (Å²) in [6.45, 7) is 6.54. The van der Waals surface area contributed by atoms with Gasteiger partial charge in [-0.25, -0.2) is 9.97 Å². The number of nitrogens with one attached hydrogen (secondary N) is 3. The molecule has 1 fully saturated rings. The summed E-state index contributed by atoms with van der Waals surface area (Å²) in [6.07, 6.45) is 1.81. The fourth-order valence-electron chi connectivity index (χ4n) is 4.93. The van der Waals surface area contributed by atoms with Crippen LogP contribution >= 0.6 is 11.3 Å². The number of imidazole rings is 1. The third-order valence-electron chi connectivity index (χ3n) is 7.23. The van der Waals surface area contributed by atoms with E-state index in [1.54, 1.807) is 30.3 Å². The van der Waals surface area contributed by atoms with Crippen LogP contribution in [0.5, 0.6) is 0 Å². The first kappa shape index (κ1) is 28.3. The second kappa shape index (κ2) is 12.6. The molecule has 0 atom stereocenters. The van der Waals surface area contributed by atoms with Crippen molar-refractivity contribution in [3.63, 3.8) is 0 Å². The van der Waals surface area contributed by atoms with Gasteiger partial charge < -0.3 is 26.4 Å². The molecule has 12 heteroatoms. The van der Waals surface area contributed by atoms with Crippen LogP contribution in [-0.4, -0.2) is 70.5 Å². The second-order valence-corrected chi connectivity index (χ2v) is 11.0. The summed E-state index contributed by atoms with van der Waals surface area (Å²) in [6, 6.07) is 17.9. The molecule has 11 nitrogen and oxygen atoms in total. The van der Waals surface area contributed by atoms with Crippen LogP contribution < -0.4 is 21.7 Å². The lowest BCUT2D eigenvalue weighted by molar-refractivity contribution is 0.0383. The number of fused-ring (bicyclic) bond motifs is 1. The Morgan fingerprint density at radius 3 is 2.53 bits per heavy atom. The Morgan fingerprint density at radius 2 is 1.74 bits per heavy atom. The summed E-state index contributed by atoms with van der Waals surface area (Å²) >= 11 is 1.46. The quantitative estimate of drug-likeness (QED) is 0.184. The third-order valence-corrected chi connectivity index (χ3v) is 7.98. The number of carbonyl (C=O) groups is 2. The summed E-state index contributed by atoms with van der Waals surface area (Å²) in [5.41, 5.74) is 12.0. The maximum atomic E-state index is 12.9. The molecule has 0 unspecified atom stereocenters. The van der Waals surface area contributed by atoms with Crippen molar-refractivity contribution in [2.45, 2.75) is 6.92 Å². The molecule has 3 aromatic heterocycles. The van der Waals surface area contributed by atoms with Gasteiger partial charge in [-0.05, 0) is 55.5 Å². The number of hydrogen-bond acceptors (Lipinski definition) is 9. The average molecular weight is 597 g/mol. The van der Waals surface area contributed by atoms with Crippen molar-refractivity contribution in [2.24, 2.45) is 0 Å². The standard InChI is InChI=1S/C31H32N8O3S/c1-20-28(39-18-22(8-11-27(39)34-20)29(40)33-12-13-38-14-16-42-17-15-38)26-19-43-31(37-26)35-23-9-6-21(7-10-23)30(41)36-25-5-3-2-4-24(25)32/h2-11,18-19H,12-17,32H2,1H3,(H,33,40)(H,35,37)(H,36,41). The Bertz CT molecular complexity index is 1760. The molecule has 5 N–H and O–H groups in total. The van der Waals surface area contributed by atoms with E-state index in [9.17, 15) is 9.59 Å². The highest BCUT2D eigenvalue weighted by Gasteiger charge is 2.17. The van der Waals surface area contributed by atoms with Crippen LogP contribution in [0.15, 0.2) is 72.2 Å². The zero-order chi connectivity index (χ0) is 29.8. The lowest BCUT2D eigenvalue weighted by atomic mass is 10.2. The Morgan fingerprint density at radius 1 is 0.977 bits per heavy atom. The number of morpholine rings is 1. The Labute approximate surface area is 252 Å². The molecule has 6 rings (SSSR count). The number of anilines is 4. The number of pyridine rings is 1. The highest BCUT2D eigenvalue weighted by Crippen LogP contribution is 2.30. The third kappa shape index (κ3) is 6.51. The SMILES string of the molecule is Cc1nc2ccc(C(=O)NCCN3CCOCC3)cn2c1-c1csc(Nc2ccc(C(=O)Nc3ccccc3N)cc2)n1. The van der Waals surface area contributed by atoms with E-state index in [0.717, 1.165) is 61.3 Å². The van der Waals surface area contributed by atoms with Crippen molar-refractivity contribution < 1.29 is 14.3 Å². The number of nitrogens with zero attached hydrogens (tertiary/aromatic N) is 4. The van der Waals surface area contributed by atoms with Gasteiger partial charge in [0.1, 0.15) is 11.3 Å². The minimum atomic E-state index is -0.241. The van der Waals surface area contributed by atoms with Gasteiger partial charge in [-0.3, -0.25) is 18.9 Å². The van der Waals surface area contributed by atoms with Crippen LogP contribution in [0.4, 0.5) is 22.2 Å². The van der Waals surface area contributed by atoms with Gasteiger partial charge in [0.05, 0.1) is 41.5 Å². The molecule has 1 saturated heterocycles. The van der Waals surface area contributed by atoms with Crippen LogP contribution in [0.25, 0.3) is 17.0 Å². The predicted octanol–water partition coefficient (Wildman–Crippen LogP) is 4.41. The molecule has 1 aliphatic heterocycles. The van der Waals surface area contributed by atoms with E-state index in [0.29, 0.717) is 34.2 Å². The number of amides is 2. The van der Waals surface area contributed by atoms with Crippen molar-refractivity contribution in [1.29, 1.82) is 0 Å². The summed E-state index contributed by atoms with van der Waals surface area (Å²) in [5.74, 6) is -0.369. The Kier molecular flexibility index (Phi) is 8.31. The molecular weight excluding hydrogens is 564 g/mol. The number of ether oxygens (including phenoxy) is 1. The first-order chi connectivity index (χ1) is 20.9. The zero-order valence-corrected chi connectivity index (χ0v) is 24.5. The van der Waals surface area contributed by atoms with E-state index in [4.69, 9.17) is 15.5 Å². The van der Waals surface area contributed by atoms with E-state index in [-0.39, 0.29) is 11.8 Å². The fourth-order valence-corrected chi connectivity index (χ4v) is 5.65. The first-order valence-electron chi connectivity index (χ1n) is 14.0. The van der Waals surface area contributed by atoms with Crippen LogP contribution in [-0.2, 0) is 4.74 Å². The van der Waals surface area contributed by atoms with Crippen molar-refractivity contribution in [2.75, 3.05) is 55.8 Å². The van der Waals surface area contributed by atoms with Gasteiger partial charge in [0.2, 0.25) is 0 Å². The summed E-state index contributed by atoms with van der Waals surface area (Å²) in [7, 11) is 0. The lowest BCUT2D eigenvalue weighted by Crippen LogP contribution is -2.41. The predicted molar refractivity (Wildman–Crippen MR) is 169 cm³/mol. The van der Waals surface area contributed by atoms with Crippen molar-refractivity contribution in [3.05, 3.63) is 89.1 Å². The van der Waals surface area contributed by atoms with Gasteiger partial charge in [-0.1, -0.05) is 12.1 Å². The molecule has 0 aliphatic carbocycles. The molecule has 0 saturated carbocycles. The minimum absolute atomic E-state index is 0.127. The molecule has 2 amide bonds. The number of nitrogen functional groups attached to an aromatic ring is 1. The molecule has 5 aromatic rings. The number of para-hydroxylation sites is 2. The second-order valence-electron chi connectivity index (χ2n) is 10.2. The number of carbonyl (C=O) groups excluding carboxylic acids is 2. The molecular formula is C31H32N8O3S. The van der Waals surface area contributed by atoms with Gasteiger partial charge in [0, 0.05) is 49.0 Å². The fraction of sp³-hybridized carbons (Fsp3) is 0.226. The Balaban J connectivity index is 1.12. The average Bonchev–Trinajstić information content (AvgIpc) is 3.61. The number of benzene rings is 2. The summed E-state index contributed by atoms with van der Waals surface area (Å²) in [4.78, 5) is 37.3. The number of aromatic nitrogens is 3. The van der Waals surface area contributed by atoms with Crippen LogP contribution in [0.3, 0.4) is 0 Å². The number of aryl methyl sites for hydroxylation is 1. The molecule has 0 spiro atoms. The molecule has 0 bridgehead atoms. The van der Waals surface area contributed by atoms with Gasteiger partial charge in [-0.15, -0.1) is 11.3 Å². The van der Waals surface area contributed by atoms with E-state index >= 15 is 0 Å². The van der Waals surface area contributed by atoms with Crippen LogP contribution in [0.1, 0.15) is 26.4 Å². The van der Waals surface area contributed by atoms with E-state index in [2.05, 4.69) is 25.8 Å². The topological polar surface area (TPSA) is 139 Å². The number of nitrogens with two attached hydrogens (primary N) is 1. The van der Waals surface area contributed by atoms with E-state index < -0.39 is 0 Å². The first-order valence-corrected chi connectivity index (χ1v) is 14.9. The van der Waals surface area contributed by atoms with Crippen molar-refractivity contribution >= 4 is 51.0 Å². The van der Waals surface area contributed by atoms with Crippen molar-refractivity contribution in [1.82, 2.24) is 24.6 Å². The monoisotopic (exact) mass is 596 g/mol. The molecule has 220 valence electrons. The highest BCUT2D eigenvalue weighted by atomic mass is 32.1. The highest BCUT2D eigenvalue weighted by molar-refractivity contribution is 7.14. The van der Waals surface area contributed by atoms with Gasteiger partial charge in [-0.2, -0.15) is 0 Å². The van der Waals surface area contributed by atoms with Crippen molar-refractivity contribution in [3.8, 4) is 11.4 Å². The minimum Gasteiger partial charge on any atom is -0.397 e.